The molecule has 2 heteroatoms. The Labute approximate surface area is 325 Å². The van der Waals surface area contributed by atoms with E-state index in [1.54, 1.807) is 0 Å². The van der Waals surface area contributed by atoms with E-state index in [2.05, 4.69) is 232 Å². The van der Waals surface area contributed by atoms with Crippen molar-refractivity contribution in [3.63, 3.8) is 0 Å². The zero-order valence-corrected chi connectivity index (χ0v) is 31.9. The molecule has 0 saturated carbocycles. The lowest BCUT2D eigenvalue weighted by Crippen LogP contribution is -2.28. The maximum atomic E-state index is 2.35. The van der Waals surface area contributed by atoms with Crippen molar-refractivity contribution in [2.75, 3.05) is 9.80 Å². The fourth-order valence-electron chi connectivity index (χ4n) is 8.41. The highest BCUT2D eigenvalue weighted by Gasteiger charge is 2.46. The Morgan fingerprint density at radius 1 is 0.273 bits per heavy atom. The first-order valence-electron chi connectivity index (χ1n) is 19.2. The van der Waals surface area contributed by atoms with Gasteiger partial charge in [-0.2, -0.15) is 0 Å². The van der Waals surface area contributed by atoms with Crippen molar-refractivity contribution < 1.29 is 0 Å². The Hall–Kier alpha value is -6.64. The third-order valence-electron chi connectivity index (χ3n) is 11.2. The highest BCUT2D eigenvalue weighted by molar-refractivity contribution is 5.87. The first-order chi connectivity index (χ1) is 26.9. The molecule has 266 valence electrons. The van der Waals surface area contributed by atoms with Crippen LogP contribution in [0.25, 0.3) is 11.1 Å². The Morgan fingerprint density at radius 2 is 0.509 bits per heavy atom. The van der Waals surface area contributed by atoms with E-state index in [1.807, 2.05) is 0 Å². The molecular formula is C53H44N2. The molecule has 0 heterocycles. The van der Waals surface area contributed by atoms with Crippen LogP contribution in [0.4, 0.5) is 34.1 Å². The largest absolute Gasteiger partial charge is 0.311 e. The summed E-state index contributed by atoms with van der Waals surface area (Å²) in [7, 11) is 0. The van der Waals surface area contributed by atoms with E-state index in [1.165, 1.54) is 55.6 Å². The van der Waals surface area contributed by atoms with Crippen LogP contribution in [-0.4, -0.2) is 0 Å². The van der Waals surface area contributed by atoms with Crippen molar-refractivity contribution in [2.24, 2.45) is 0 Å². The summed E-state index contributed by atoms with van der Waals surface area (Å²) in [6.45, 7) is 8.56. The number of anilines is 6. The molecule has 0 saturated heterocycles. The summed E-state index contributed by atoms with van der Waals surface area (Å²) in [5, 5.41) is 0. The van der Waals surface area contributed by atoms with Gasteiger partial charge >= 0.3 is 0 Å². The zero-order valence-electron chi connectivity index (χ0n) is 31.9. The molecule has 0 bridgehead atoms. The lowest BCUT2D eigenvalue weighted by Gasteiger charge is -2.35. The number of hydrogen-bond donors (Lipinski definition) is 0. The van der Waals surface area contributed by atoms with Gasteiger partial charge in [-0.25, -0.2) is 0 Å². The molecule has 8 aromatic rings. The Balaban J connectivity index is 1.21. The summed E-state index contributed by atoms with van der Waals surface area (Å²) < 4.78 is 0. The van der Waals surface area contributed by atoms with Crippen molar-refractivity contribution >= 4 is 34.1 Å². The van der Waals surface area contributed by atoms with Gasteiger partial charge in [-0.15, -0.1) is 0 Å². The number of rotatable bonds is 8. The van der Waals surface area contributed by atoms with Gasteiger partial charge in [0, 0.05) is 34.1 Å². The summed E-state index contributed by atoms with van der Waals surface area (Å²) in [6.07, 6.45) is 0. The quantitative estimate of drug-likeness (QED) is 0.155. The van der Waals surface area contributed by atoms with Crippen molar-refractivity contribution in [3.8, 4) is 11.1 Å². The lowest BCUT2D eigenvalue weighted by atomic mass is 9.67. The molecule has 8 aromatic carbocycles. The van der Waals surface area contributed by atoms with Crippen molar-refractivity contribution in [1.29, 1.82) is 0 Å². The van der Waals surface area contributed by atoms with Crippen molar-refractivity contribution in [3.05, 3.63) is 239 Å². The molecular weight excluding hydrogens is 665 g/mol. The second-order valence-corrected chi connectivity index (χ2v) is 14.9. The number of hydrogen-bond acceptors (Lipinski definition) is 2. The maximum Gasteiger partial charge on any atom is 0.0713 e. The molecule has 0 fully saturated rings. The highest BCUT2D eigenvalue weighted by atomic mass is 15.1. The minimum Gasteiger partial charge on any atom is -0.311 e. The normalized spacial score (nSPS) is 12.5. The zero-order chi connectivity index (χ0) is 37.5. The smallest absolute Gasteiger partial charge is 0.0713 e. The second kappa shape index (κ2) is 14.0. The van der Waals surface area contributed by atoms with Gasteiger partial charge in [-0.1, -0.05) is 144 Å². The van der Waals surface area contributed by atoms with Gasteiger partial charge in [0.2, 0.25) is 0 Å². The molecule has 0 aliphatic heterocycles. The molecule has 0 radical (unpaired) electrons. The third-order valence-corrected chi connectivity index (χ3v) is 11.2. The average Bonchev–Trinajstić information content (AvgIpc) is 3.52. The van der Waals surface area contributed by atoms with E-state index in [0.29, 0.717) is 0 Å². The summed E-state index contributed by atoms with van der Waals surface area (Å²) in [5.41, 5.74) is 18.9. The standard InChI is InChI=1S/C53H44N2/c1-37-13-25-43(26-14-37)54(44-27-15-38(2)16-28-44)47-33-21-41(22-34-47)53(51-11-7-5-9-49(51)50-10-6-8-12-52(50)53)42-23-35-48(36-24-42)55(45-29-17-39(3)18-30-45)46-31-19-40(4)20-32-46/h5-36H,1-4H3. The third kappa shape index (κ3) is 6.01. The van der Waals surface area contributed by atoms with E-state index >= 15 is 0 Å². The predicted molar refractivity (Wildman–Crippen MR) is 232 cm³/mol. The Kier molecular flexibility index (Phi) is 8.67. The van der Waals surface area contributed by atoms with Gasteiger partial charge in [0.15, 0.2) is 0 Å². The molecule has 0 amide bonds. The van der Waals surface area contributed by atoms with Gasteiger partial charge < -0.3 is 9.80 Å². The molecule has 2 nitrogen and oxygen atoms in total. The van der Waals surface area contributed by atoms with Crippen LogP contribution in [0.3, 0.4) is 0 Å². The summed E-state index contributed by atoms with van der Waals surface area (Å²) in [5.74, 6) is 0. The molecule has 9 rings (SSSR count). The van der Waals surface area contributed by atoms with Crippen LogP contribution in [-0.2, 0) is 5.41 Å². The lowest BCUT2D eigenvalue weighted by molar-refractivity contribution is 0.768. The molecule has 1 aliphatic carbocycles. The summed E-state index contributed by atoms with van der Waals surface area (Å²) >= 11 is 0. The van der Waals surface area contributed by atoms with Crippen molar-refractivity contribution in [2.45, 2.75) is 33.1 Å². The van der Waals surface area contributed by atoms with Gasteiger partial charge in [-0.05, 0) is 134 Å². The minimum atomic E-state index is -0.513. The van der Waals surface area contributed by atoms with E-state index in [9.17, 15) is 0 Å². The Bertz CT molecular complexity index is 2310. The first-order valence-corrected chi connectivity index (χ1v) is 19.2. The average molecular weight is 709 g/mol. The fourth-order valence-corrected chi connectivity index (χ4v) is 8.41. The number of benzene rings is 8. The van der Waals surface area contributed by atoms with Crippen molar-refractivity contribution in [1.82, 2.24) is 0 Å². The first kappa shape index (κ1) is 34.1. The Morgan fingerprint density at radius 3 is 0.782 bits per heavy atom. The van der Waals surface area contributed by atoms with E-state index in [0.717, 1.165) is 34.1 Å². The molecule has 0 spiro atoms. The van der Waals surface area contributed by atoms with Gasteiger partial charge in [-0.3, -0.25) is 0 Å². The monoisotopic (exact) mass is 708 g/mol. The second-order valence-electron chi connectivity index (χ2n) is 14.9. The minimum absolute atomic E-state index is 0.513. The van der Waals surface area contributed by atoms with Gasteiger partial charge in [0.1, 0.15) is 0 Å². The summed E-state index contributed by atoms with van der Waals surface area (Å²) in [6, 6.07) is 71.7. The van der Waals surface area contributed by atoms with E-state index in [-0.39, 0.29) is 0 Å². The van der Waals surface area contributed by atoms with Crippen LogP contribution in [0.15, 0.2) is 194 Å². The highest BCUT2D eigenvalue weighted by Crippen LogP contribution is 2.56. The predicted octanol–water partition coefficient (Wildman–Crippen LogP) is 14.2. The molecule has 0 unspecified atom stereocenters. The van der Waals surface area contributed by atoms with E-state index < -0.39 is 5.41 Å². The van der Waals surface area contributed by atoms with Crippen LogP contribution in [0.1, 0.15) is 44.5 Å². The van der Waals surface area contributed by atoms with Crippen LogP contribution in [0.5, 0.6) is 0 Å². The van der Waals surface area contributed by atoms with Gasteiger partial charge in [0.25, 0.3) is 0 Å². The van der Waals surface area contributed by atoms with Crippen LogP contribution < -0.4 is 9.80 Å². The maximum absolute atomic E-state index is 2.35. The molecule has 0 N–H and O–H groups in total. The number of fused-ring (bicyclic) bond motifs is 3. The molecule has 0 atom stereocenters. The topological polar surface area (TPSA) is 6.48 Å². The van der Waals surface area contributed by atoms with Crippen LogP contribution >= 0.6 is 0 Å². The number of nitrogens with zero attached hydrogens (tertiary/aromatic N) is 2. The fraction of sp³-hybridized carbons (Fsp3) is 0.0943. The number of aryl methyl sites for hydroxylation is 4. The molecule has 1 aliphatic rings. The summed E-state index contributed by atoms with van der Waals surface area (Å²) in [4.78, 5) is 4.71. The molecule has 0 aromatic heterocycles. The molecule has 55 heavy (non-hydrogen) atoms. The van der Waals surface area contributed by atoms with Gasteiger partial charge in [0.05, 0.1) is 5.41 Å². The van der Waals surface area contributed by atoms with Crippen LogP contribution in [0, 0.1) is 27.7 Å². The van der Waals surface area contributed by atoms with E-state index in [4.69, 9.17) is 0 Å². The SMILES string of the molecule is Cc1ccc(N(c2ccc(C)cc2)c2ccc(C3(c4ccc(N(c5ccc(C)cc5)c5ccc(C)cc5)cc4)c4ccccc4-c4ccccc43)cc2)cc1. The van der Waals surface area contributed by atoms with Crippen LogP contribution in [0.2, 0.25) is 0 Å².